The number of amides is 1. The molecule has 110 valence electrons. The van der Waals surface area contributed by atoms with Crippen LogP contribution in [0.15, 0.2) is 30.3 Å². The maximum Gasteiger partial charge on any atom is 0.222 e. The van der Waals surface area contributed by atoms with Gasteiger partial charge in [0, 0.05) is 18.5 Å². The Balaban J connectivity index is 1.88. The van der Waals surface area contributed by atoms with E-state index in [1.807, 2.05) is 30.3 Å². The molecule has 21 heavy (non-hydrogen) atoms. The maximum atomic E-state index is 11.4. The number of piperidine rings is 1. The number of rotatable bonds is 3. The van der Waals surface area contributed by atoms with Gasteiger partial charge in [-0.2, -0.15) is 0 Å². The lowest BCUT2D eigenvalue weighted by Crippen LogP contribution is -2.41. The van der Waals surface area contributed by atoms with Crippen LogP contribution < -0.4 is 15.4 Å². The van der Waals surface area contributed by atoms with Gasteiger partial charge in [0.05, 0.1) is 18.5 Å². The summed E-state index contributed by atoms with van der Waals surface area (Å²) in [6.45, 7) is 1.57. The van der Waals surface area contributed by atoms with Gasteiger partial charge in [-0.15, -0.1) is 0 Å². The van der Waals surface area contributed by atoms with Crippen molar-refractivity contribution in [1.82, 2.24) is 4.98 Å². The van der Waals surface area contributed by atoms with Crippen molar-refractivity contribution in [3.05, 3.63) is 30.3 Å². The molecule has 0 radical (unpaired) electrons. The molecule has 0 aliphatic carbocycles. The van der Waals surface area contributed by atoms with Gasteiger partial charge < -0.3 is 15.4 Å². The van der Waals surface area contributed by atoms with Gasteiger partial charge in [0.2, 0.25) is 5.91 Å². The summed E-state index contributed by atoms with van der Waals surface area (Å²) < 4.78 is 5.22. The Morgan fingerprint density at radius 2 is 2.24 bits per heavy atom. The lowest BCUT2D eigenvalue weighted by atomic mass is 9.97. The molecule has 1 aliphatic heterocycles. The fourth-order valence-corrected chi connectivity index (χ4v) is 2.81. The van der Waals surface area contributed by atoms with Gasteiger partial charge in [-0.3, -0.25) is 4.79 Å². The van der Waals surface area contributed by atoms with Crippen LogP contribution in [0.2, 0.25) is 0 Å². The summed E-state index contributed by atoms with van der Waals surface area (Å²) in [6, 6.07) is 9.85. The predicted molar refractivity (Wildman–Crippen MR) is 82.4 cm³/mol. The second kappa shape index (κ2) is 5.60. The first-order valence-electron chi connectivity index (χ1n) is 7.16. The molecule has 1 aliphatic rings. The molecular formula is C16H19N3O2. The summed E-state index contributed by atoms with van der Waals surface area (Å²) >= 11 is 0. The smallest absolute Gasteiger partial charge is 0.222 e. The number of aromatic nitrogens is 1. The van der Waals surface area contributed by atoms with E-state index in [4.69, 9.17) is 10.5 Å². The van der Waals surface area contributed by atoms with Crippen molar-refractivity contribution < 1.29 is 9.53 Å². The van der Waals surface area contributed by atoms with Crippen molar-refractivity contribution in [3.63, 3.8) is 0 Å². The van der Waals surface area contributed by atoms with Crippen molar-refractivity contribution in [1.29, 1.82) is 0 Å². The number of fused-ring (bicyclic) bond motifs is 1. The molecule has 5 nitrogen and oxygen atoms in total. The normalized spacial score (nSPS) is 18.7. The Kier molecular flexibility index (Phi) is 3.64. The second-order valence-electron chi connectivity index (χ2n) is 5.42. The van der Waals surface area contributed by atoms with Crippen molar-refractivity contribution in [2.45, 2.75) is 12.8 Å². The van der Waals surface area contributed by atoms with Gasteiger partial charge in [-0.25, -0.2) is 4.98 Å². The topological polar surface area (TPSA) is 68.4 Å². The molecule has 2 heterocycles. The monoisotopic (exact) mass is 285 g/mol. The van der Waals surface area contributed by atoms with Crippen molar-refractivity contribution in [2.24, 2.45) is 11.7 Å². The number of anilines is 1. The van der Waals surface area contributed by atoms with Crippen LogP contribution in [0.5, 0.6) is 5.75 Å². The van der Waals surface area contributed by atoms with E-state index in [2.05, 4.69) is 9.88 Å². The highest BCUT2D eigenvalue weighted by molar-refractivity contribution is 5.82. The Morgan fingerprint density at radius 3 is 3.00 bits per heavy atom. The minimum atomic E-state index is -0.217. The molecule has 1 aromatic heterocycles. The Labute approximate surface area is 123 Å². The first kappa shape index (κ1) is 13.7. The van der Waals surface area contributed by atoms with Gasteiger partial charge in [-0.1, -0.05) is 0 Å². The number of ether oxygens (including phenoxy) is 1. The fraction of sp³-hybridized carbons (Fsp3) is 0.375. The molecule has 2 N–H and O–H groups in total. The van der Waals surface area contributed by atoms with Gasteiger partial charge in [-0.05, 0) is 43.2 Å². The van der Waals surface area contributed by atoms with Crippen LogP contribution >= 0.6 is 0 Å². The zero-order chi connectivity index (χ0) is 14.8. The number of benzene rings is 1. The molecule has 1 aromatic carbocycles. The Bertz CT molecular complexity index is 672. The van der Waals surface area contributed by atoms with E-state index in [1.165, 1.54) is 0 Å². The van der Waals surface area contributed by atoms with Crippen LogP contribution in [0.3, 0.4) is 0 Å². The summed E-state index contributed by atoms with van der Waals surface area (Å²) in [6.07, 6.45) is 1.84. The third-order valence-corrected chi connectivity index (χ3v) is 4.03. The zero-order valence-corrected chi connectivity index (χ0v) is 12.1. The Morgan fingerprint density at radius 1 is 1.38 bits per heavy atom. The molecule has 5 heteroatoms. The minimum absolute atomic E-state index is 0.0767. The highest BCUT2D eigenvalue weighted by atomic mass is 16.5. The molecule has 1 saturated heterocycles. The number of nitrogens with two attached hydrogens (primary N) is 1. The number of carbonyl (C=O) groups is 1. The molecule has 0 bridgehead atoms. The highest BCUT2D eigenvalue weighted by Crippen LogP contribution is 2.25. The number of primary amides is 1. The number of methoxy groups -OCH3 is 1. The number of hydrogen-bond donors (Lipinski definition) is 1. The van der Waals surface area contributed by atoms with Crippen LogP contribution in [-0.2, 0) is 4.79 Å². The molecule has 0 saturated carbocycles. The van der Waals surface area contributed by atoms with E-state index in [-0.39, 0.29) is 11.8 Å². The third-order valence-electron chi connectivity index (χ3n) is 4.03. The number of hydrogen-bond acceptors (Lipinski definition) is 4. The largest absolute Gasteiger partial charge is 0.497 e. The summed E-state index contributed by atoms with van der Waals surface area (Å²) in [5, 5.41) is 1.04. The Hall–Kier alpha value is -2.30. The lowest BCUT2D eigenvalue weighted by Gasteiger charge is -2.32. The van der Waals surface area contributed by atoms with Crippen molar-refractivity contribution >= 4 is 22.6 Å². The maximum absolute atomic E-state index is 11.4. The summed E-state index contributed by atoms with van der Waals surface area (Å²) in [7, 11) is 1.65. The molecule has 1 amide bonds. The van der Waals surface area contributed by atoms with Crippen LogP contribution in [0.1, 0.15) is 12.8 Å². The fourth-order valence-electron chi connectivity index (χ4n) is 2.81. The minimum Gasteiger partial charge on any atom is -0.497 e. The molecule has 0 spiro atoms. The van der Waals surface area contributed by atoms with E-state index in [9.17, 15) is 4.79 Å². The molecule has 0 unspecified atom stereocenters. The average molecular weight is 285 g/mol. The van der Waals surface area contributed by atoms with Gasteiger partial charge in [0.15, 0.2) is 0 Å². The number of nitrogens with zero attached hydrogens (tertiary/aromatic N) is 2. The summed E-state index contributed by atoms with van der Waals surface area (Å²) in [4.78, 5) is 18.2. The average Bonchev–Trinajstić information content (AvgIpc) is 2.54. The van der Waals surface area contributed by atoms with Gasteiger partial charge in [0.1, 0.15) is 11.6 Å². The lowest BCUT2D eigenvalue weighted by molar-refractivity contribution is -0.122. The standard InChI is InChI=1S/C16H19N3O2/c1-21-13-5-6-14-11(9-13)4-7-15(18-14)19-8-2-3-12(10-19)16(17)20/h4-7,9,12H,2-3,8,10H2,1H3,(H2,17,20)/t12-/m1/s1. The zero-order valence-electron chi connectivity index (χ0n) is 12.1. The molecule has 3 rings (SSSR count). The molecule has 2 aromatic rings. The number of pyridine rings is 1. The van der Waals surface area contributed by atoms with E-state index in [1.54, 1.807) is 7.11 Å². The quantitative estimate of drug-likeness (QED) is 0.936. The van der Waals surface area contributed by atoms with Crippen LogP contribution in [0.4, 0.5) is 5.82 Å². The van der Waals surface area contributed by atoms with E-state index in [0.29, 0.717) is 6.54 Å². The van der Waals surface area contributed by atoms with E-state index < -0.39 is 0 Å². The van der Waals surface area contributed by atoms with Gasteiger partial charge >= 0.3 is 0 Å². The van der Waals surface area contributed by atoms with E-state index in [0.717, 1.165) is 41.9 Å². The van der Waals surface area contributed by atoms with Crippen molar-refractivity contribution in [2.75, 3.05) is 25.1 Å². The van der Waals surface area contributed by atoms with Crippen LogP contribution in [0, 0.1) is 5.92 Å². The summed E-state index contributed by atoms with van der Waals surface area (Å²) in [5.74, 6) is 1.43. The molecule has 1 atom stereocenters. The second-order valence-corrected chi connectivity index (χ2v) is 5.42. The van der Waals surface area contributed by atoms with Crippen LogP contribution in [0.25, 0.3) is 10.9 Å². The summed E-state index contributed by atoms with van der Waals surface area (Å²) in [5.41, 5.74) is 6.36. The SMILES string of the molecule is COc1ccc2nc(N3CCC[C@@H](C(N)=O)C3)ccc2c1. The van der Waals surface area contributed by atoms with E-state index >= 15 is 0 Å². The third kappa shape index (κ3) is 2.77. The number of carbonyl (C=O) groups excluding carboxylic acids is 1. The molecular weight excluding hydrogens is 266 g/mol. The first-order chi connectivity index (χ1) is 10.2. The van der Waals surface area contributed by atoms with Crippen molar-refractivity contribution in [3.8, 4) is 5.75 Å². The molecule has 1 fully saturated rings. The predicted octanol–water partition coefficient (Wildman–Crippen LogP) is 1.95. The van der Waals surface area contributed by atoms with Gasteiger partial charge in [0.25, 0.3) is 0 Å². The first-order valence-corrected chi connectivity index (χ1v) is 7.16. The van der Waals surface area contributed by atoms with Crippen LogP contribution in [-0.4, -0.2) is 31.1 Å². The highest BCUT2D eigenvalue weighted by Gasteiger charge is 2.24.